The van der Waals surface area contributed by atoms with Gasteiger partial charge in [0, 0.05) is 9.86 Å². The first kappa shape index (κ1) is 13.5. The molecule has 3 aromatic rings. The van der Waals surface area contributed by atoms with Gasteiger partial charge in [-0.25, -0.2) is 14.8 Å². The predicted octanol–water partition coefficient (Wildman–Crippen LogP) is 3.83. The average molecular weight is 344 g/mol. The monoisotopic (exact) mass is 343 g/mol. The van der Waals surface area contributed by atoms with Crippen LogP contribution in [0.3, 0.4) is 0 Å². The Morgan fingerprint density at radius 1 is 1.14 bits per heavy atom. The molecule has 0 radical (unpaired) electrons. The highest BCUT2D eigenvalue weighted by atomic mass is 79.9. The largest absolute Gasteiger partial charge is 0.478 e. The molecule has 1 aromatic heterocycles. The SMILES string of the molecule is O=C(O)c1ccccc1Nc1ncnc2ccc(Br)cc12. The summed E-state index contributed by atoms with van der Waals surface area (Å²) in [6, 6.07) is 12.4. The van der Waals surface area contributed by atoms with Crippen molar-refractivity contribution in [3.05, 3.63) is 58.8 Å². The fourth-order valence-electron chi connectivity index (χ4n) is 2.03. The van der Waals surface area contributed by atoms with E-state index in [-0.39, 0.29) is 5.56 Å². The Morgan fingerprint density at radius 2 is 1.95 bits per heavy atom. The summed E-state index contributed by atoms with van der Waals surface area (Å²) < 4.78 is 0.902. The lowest BCUT2D eigenvalue weighted by atomic mass is 10.1. The summed E-state index contributed by atoms with van der Waals surface area (Å²) in [5, 5.41) is 13.1. The van der Waals surface area contributed by atoms with Crippen molar-refractivity contribution >= 4 is 44.3 Å². The number of fused-ring (bicyclic) bond motifs is 1. The number of carboxylic acid groups (broad SMARTS) is 1. The molecular weight excluding hydrogens is 334 g/mol. The summed E-state index contributed by atoms with van der Waals surface area (Å²) in [5.74, 6) is -0.423. The standard InChI is InChI=1S/C15H10BrN3O2/c16-9-5-6-12-11(7-9)14(18-8-17-12)19-13-4-2-1-3-10(13)15(20)21/h1-8H,(H,20,21)(H,17,18,19). The number of nitrogens with zero attached hydrogens (tertiary/aromatic N) is 2. The van der Waals surface area contributed by atoms with E-state index in [1.165, 1.54) is 6.33 Å². The third-order valence-corrected chi connectivity index (χ3v) is 3.50. The van der Waals surface area contributed by atoms with Crippen LogP contribution in [0.15, 0.2) is 53.3 Å². The first-order valence-corrected chi connectivity index (χ1v) is 6.94. The number of hydrogen-bond acceptors (Lipinski definition) is 4. The molecule has 104 valence electrons. The van der Waals surface area contributed by atoms with E-state index in [4.69, 9.17) is 0 Å². The maximum Gasteiger partial charge on any atom is 0.337 e. The van der Waals surface area contributed by atoms with Gasteiger partial charge in [0.05, 0.1) is 16.8 Å². The van der Waals surface area contributed by atoms with Crippen LogP contribution in [0.2, 0.25) is 0 Å². The van der Waals surface area contributed by atoms with E-state index in [9.17, 15) is 9.90 Å². The second-order valence-electron chi connectivity index (χ2n) is 4.36. The molecule has 0 aliphatic rings. The number of carbonyl (C=O) groups is 1. The molecule has 5 nitrogen and oxygen atoms in total. The molecule has 0 bridgehead atoms. The van der Waals surface area contributed by atoms with Gasteiger partial charge in [0.25, 0.3) is 0 Å². The number of rotatable bonds is 3. The van der Waals surface area contributed by atoms with Crippen molar-refractivity contribution in [3.63, 3.8) is 0 Å². The van der Waals surface area contributed by atoms with Crippen molar-refractivity contribution in [2.24, 2.45) is 0 Å². The molecule has 0 aliphatic carbocycles. The number of para-hydroxylation sites is 1. The topological polar surface area (TPSA) is 75.1 Å². The maximum absolute atomic E-state index is 11.2. The minimum atomic E-state index is -0.988. The lowest BCUT2D eigenvalue weighted by Crippen LogP contribution is -2.03. The third kappa shape index (κ3) is 2.71. The zero-order valence-electron chi connectivity index (χ0n) is 10.7. The molecule has 0 fully saturated rings. The summed E-state index contributed by atoms with van der Waals surface area (Å²) in [5.41, 5.74) is 1.47. The van der Waals surface area contributed by atoms with E-state index in [2.05, 4.69) is 31.2 Å². The van der Waals surface area contributed by atoms with Gasteiger partial charge in [-0.15, -0.1) is 0 Å². The molecule has 0 amide bonds. The zero-order valence-corrected chi connectivity index (χ0v) is 12.3. The molecular formula is C15H10BrN3O2. The van der Waals surface area contributed by atoms with Crippen LogP contribution >= 0.6 is 15.9 Å². The van der Waals surface area contributed by atoms with Crippen LogP contribution in [0, 0.1) is 0 Å². The Labute approximate surface area is 128 Å². The molecule has 3 rings (SSSR count). The van der Waals surface area contributed by atoms with Crippen LogP contribution in [0.5, 0.6) is 0 Å². The van der Waals surface area contributed by atoms with Gasteiger partial charge in [-0.05, 0) is 30.3 Å². The highest BCUT2D eigenvalue weighted by molar-refractivity contribution is 9.10. The predicted molar refractivity (Wildman–Crippen MR) is 83.9 cm³/mol. The fraction of sp³-hybridized carbons (Fsp3) is 0. The van der Waals surface area contributed by atoms with Crippen molar-refractivity contribution in [3.8, 4) is 0 Å². The summed E-state index contributed by atoms with van der Waals surface area (Å²) in [6.07, 6.45) is 1.45. The molecule has 0 spiro atoms. The second-order valence-corrected chi connectivity index (χ2v) is 5.28. The molecule has 0 saturated heterocycles. The van der Waals surface area contributed by atoms with Crippen molar-refractivity contribution < 1.29 is 9.90 Å². The van der Waals surface area contributed by atoms with Crippen LogP contribution in [-0.4, -0.2) is 21.0 Å². The Balaban J connectivity index is 2.11. The van der Waals surface area contributed by atoms with E-state index < -0.39 is 5.97 Å². The first-order valence-electron chi connectivity index (χ1n) is 6.15. The van der Waals surface area contributed by atoms with Gasteiger partial charge in [-0.1, -0.05) is 28.1 Å². The number of hydrogen-bond donors (Lipinski definition) is 2. The highest BCUT2D eigenvalue weighted by Crippen LogP contribution is 2.27. The third-order valence-electron chi connectivity index (χ3n) is 3.01. The highest BCUT2D eigenvalue weighted by Gasteiger charge is 2.11. The summed E-state index contributed by atoms with van der Waals surface area (Å²) >= 11 is 3.41. The zero-order chi connectivity index (χ0) is 14.8. The van der Waals surface area contributed by atoms with Crippen LogP contribution < -0.4 is 5.32 Å². The molecule has 0 aliphatic heterocycles. The molecule has 6 heteroatoms. The lowest BCUT2D eigenvalue weighted by molar-refractivity contribution is 0.0698. The van der Waals surface area contributed by atoms with Gasteiger partial charge >= 0.3 is 5.97 Å². The quantitative estimate of drug-likeness (QED) is 0.755. The molecule has 0 atom stereocenters. The van der Waals surface area contributed by atoms with Gasteiger partial charge in [-0.2, -0.15) is 0 Å². The van der Waals surface area contributed by atoms with Crippen LogP contribution in [0.1, 0.15) is 10.4 Å². The van der Waals surface area contributed by atoms with Crippen molar-refractivity contribution in [2.75, 3.05) is 5.32 Å². The number of aromatic carboxylic acids is 1. The molecule has 1 heterocycles. The van der Waals surface area contributed by atoms with Crippen molar-refractivity contribution in [1.82, 2.24) is 9.97 Å². The Morgan fingerprint density at radius 3 is 2.76 bits per heavy atom. The lowest BCUT2D eigenvalue weighted by Gasteiger charge is -2.10. The van der Waals surface area contributed by atoms with Crippen LogP contribution in [0.25, 0.3) is 10.9 Å². The minimum Gasteiger partial charge on any atom is -0.478 e. The smallest absolute Gasteiger partial charge is 0.337 e. The van der Waals surface area contributed by atoms with Crippen LogP contribution in [-0.2, 0) is 0 Å². The summed E-state index contributed by atoms with van der Waals surface area (Å²) in [4.78, 5) is 19.7. The number of benzene rings is 2. The number of halogens is 1. The molecule has 2 N–H and O–H groups in total. The normalized spacial score (nSPS) is 10.5. The van der Waals surface area contributed by atoms with E-state index in [1.807, 2.05) is 18.2 Å². The molecule has 0 saturated carbocycles. The van der Waals surface area contributed by atoms with E-state index in [0.717, 1.165) is 15.4 Å². The van der Waals surface area contributed by atoms with Crippen LogP contribution in [0.4, 0.5) is 11.5 Å². The van der Waals surface area contributed by atoms with Gasteiger partial charge in [0.2, 0.25) is 0 Å². The van der Waals surface area contributed by atoms with Gasteiger partial charge in [0.1, 0.15) is 12.1 Å². The van der Waals surface area contributed by atoms with E-state index >= 15 is 0 Å². The Bertz CT molecular complexity index is 836. The summed E-state index contributed by atoms with van der Waals surface area (Å²) in [7, 11) is 0. The first-order chi connectivity index (χ1) is 10.1. The Hall–Kier alpha value is -2.47. The molecule has 2 aromatic carbocycles. The van der Waals surface area contributed by atoms with Gasteiger partial charge < -0.3 is 10.4 Å². The number of aromatic nitrogens is 2. The maximum atomic E-state index is 11.2. The average Bonchev–Trinajstić information content (AvgIpc) is 2.48. The number of nitrogens with one attached hydrogen (secondary N) is 1. The van der Waals surface area contributed by atoms with Crippen molar-refractivity contribution in [2.45, 2.75) is 0 Å². The Kier molecular flexibility index (Phi) is 3.53. The van der Waals surface area contributed by atoms with E-state index in [0.29, 0.717) is 11.5 Å². The number of anilines is 2. The molecule has 0 unspecified atom stereocenters. The fourth-order valence-corrected chi connectivity index (χ4v) is 2.40. The van der Waals surface area contributed by atoms with Gasteiger partial charge in [-0.3, -0.25) is 0 Å². The summed E-state index contributed by atoms with van der Waals surface area (Å²) in [6.45, 7) is 0. The minimum absolute atomic E-state index is 0.194. The molecule has 21 heavy (non-hydrogen) atoms. The second kappa shape index (κ2) is 5.49. The van der Waals surface area contributed by atoms with Crippen molar-refractivity contribution in [1.29, 1.82) is 0 Å². The van der Waals surface area contributed by atoms with Gasteiger partial charge in [0.15, 0.2) is 0 Å². The van der Waals surface area contributed by atoms with E-state index in [1.54, 1.807) is 24.3 Å². The number of carboxylic acids is 1.